The fourth-order valence-electron chi connectivity index (χ4n) is 2.09. The molecule has 0 amide bonds. The zero-order valence-corrected chi connectivity index (χ0v) is 12.1. The predicted molar refractivity (Wildman–Crippen MR) is 80.0 cm³/mol. The number of benzene rings is 2. The molecule has 3 rings (SSSR count). The molecule has 2 aromatic carbocycles. The summed E-state index contributed by atoms with van der Waals surface area (Å²) in [5.74, 6) is 0.279. The highest BCUT2D eigenvalue weighted by Crippen LogP contribution is 2.26. The van der Waals surface area contributed by atoms with Crippen molar-refractivity contribution in [3.63, 3.8) is 0 Å². The Labute approximate surface area is 124 Å². The van der Waals surface area contributed by atoms with Crippen LogP contribution in [0.25, 0.3) is 16.7 Å². The Balaban J connectivity index is 2.26. The van der Waals surface area contributed by atoms with Crippen molar-refractivity contribution in [1.29, 1.82) is 0 Å². The van der Waals surface area contributed by atoms with Crippen LogP contribution in [0.5, 0.6) is 5.75 Å². The van der Waals surface area contributed by atoms with Gasteiger partial charge in [-0.1, -0.05) is 11.6 Å². The molecule has 0 bridgehead atoms. The van der Waals surface area contributed by atoms with E-state index >= 15 is 0 Å². The summed E-state index contributed by atoms with van der Waals surface area (Å²) in [6.07, 6.45) is 0. The summed E-state index contributed by atoms with van der Waals surface area (Å²) < 4.78 is 20.9. The van der Waals surface area contributed by atoms with E-state index in [0.717, 1.165) is 17.0 Å². The van der Waals surface area contributed by atoms with Gasteiger partial charge in [0.2, 0.25) is 0 Å². The summed E-state index contributed by atoms with van der Waals surface area (Å²) in [4.78, 5) is 2.97. The largest absolute Gasteiger partial charge is 0.497 e. The number of nitrogens with one attached hydrogen (secondary N) is 1. The van der Waals surface area contributed by atoms with Crippen molar-refractivity contribution in [2.75, 3.05) is 7.11 Å². The molecule has 20 heavy (non-hydrogen) atoms. The van der Waals surface area contributed by atoms with Crippen LogP contribution in [-0.4, -0.2) is 16.7 Å². The zero-order chi connectivity index (χ0) is 14.3. The van der Waals surface area contributed by atoms with E-state index in [4.69, 9.17) is 28.6 Å². The van der Waals surface area contributed by atoms with Crippen molar-refractivity contribution in [2.24, 2.45) is 0 Å². The molecule has 102 valence electrons. The number of hydrogen-bond acceptors (Lipinski definition) is 2. The van der Waals surface area contributed by atoms with Crippen LogP contribution < -0.4 is 4.74 Å². The number of nitrogens with zero attached hydrogens (tertiary/aromatic N) is 1. The Hall–Kier alpha value is -1.85. The molecule has 0 aliphatic rings. The molecule has 3 aromatic rings. The van der Waals surface area contributed by atoms with E-state index < -0.39 is 5.82 Å². The molecule has 0 saturated heterocycles. The number of aromatic nitrogens is 2. The second-order valence-corrected chi connectivity index (χ2v) is 5.04. The monoisotopic (exact) mass is 308 g/mol. The van der Waals surface area contributed by atoms with Gasteiger partial charge in [0.1, 0.15) is 11.6 Å². The molecule has 6 heteroatoms. The van der Waals surface area contributed by atoms with Crippen molar-refractivity contribution in [3.8, 4) is 11.4 Å². The second kappa shape index (κ2) is 4.92. The number of fused-ring (bicyclic) bond motifs is 1. The molecule has 0 aliphatic carbocycles. The van der Waals surface area contributed by atoms with Crippen molar-refractivity contribution in [1.82, 2.24) is 9.55 Å². The van der Waals surface area contributed by atoms with Gasteiger partial charge in [-0.15, -0.1) is 0 Å². The first kappa shape index (κ1) is 13.1. The molecule has 0 atom stereocenters. The highest BCUT2D eigenvalue weighted by atomic mass is 35.5. The summed E-state index contributed by atoms with van der Waals surface area (Å²) in [6, 6.07) is 10.3. The highest BCUT2D eigenvalue weighted by molar-refractivity contribution is 7.71. The number of aromatic amines is 1. The fraction of sp³-hybridized carbons (Fsp3) is 0.0714. The van der Waals surface area contributed by atoms with Crippen LogP contribution in [0.2, 0.25) is 5.02 Å². The molecule has 1 heterocycles. The average molecular weight is 309 g/mol. The number of imidazole rings is 1. The van der Waals surface area contributed by atoms with E-state index in [1.165, 1.54) is 6.07 Å². The first-order chi connectivity index (χ1) is 9.60. The van der Waals surface area contributed by atoms with Gasteiger partial charge in [0.25, 0.3) is 0 Å². The third-order valence-corrected chi connectivity index (χ3v) is 3.63. The van der Waals surface area contributed by atoms with Gasteiger partial charge >= 0.3 is 0 Å². The number of halogens is 2. The van der Waals surface area contributed by atoms with E-state index in [1.54, 1.807) is 17.7 Å². The lowest BCUT2D eigenvalue weighted by molar-refractivity contribution is 0.415. The zero-order valence-electron chi connectivity index (χ0n) is 10.5. The maximum atomic E-state index is 13.5. The number of hydrogen-bond donors (Lipinski definition) is 1. The lowest BCUT2D eigenvalue weighted by atomic mass is 10.2. The summed E-state index contributed by atoms with van der Waals surface area (Å²) in [6.45, 7) is 0. The number of rotatable bonds is 2. The average Bonchev–Trinajstić information content (AvgIpc) is 2.75. The summed E-state index contributed by atoms with van der Waals surface area (Å²) >= 11 is 11.1. The summed E-state index contributed by atoms with van der Waals surface area (Å²) in [5.41, 5.74) is 2.18. The smallest absolute Gasteiger partial charge is 0.182 e. The van der Waals surface area contributed by atoms with E-state index in [0.29, 0.717) is 10.3 Å². The SMILES string of the molecule is COc1ccc(-n2c(=S)[nH]c3cc(F)c(Cl)cc32)cc1. The predicted octanol–water partition coefficient (Wildman–Crippen LogP) is 4.49. The maximum absolute atomic E-state index is 13.5. The molecule has 1 N–H and O–H groups in total. The topological polar surface area (TPSA) is 29.9 Å². The first-order valence-electron chi connectivity index (χ1n) is 5.84. The van der Waals surface area contributed by atoms with Crippen molar-refractivity contribution >= 4 is 34.9 Å². The normalized spacial score (nSPS) is 10.9. The Morgan fingerprint density at radius 1 is 1.25 bits per heavy atom. The first-order valence-corrected chi connectivity index (χ1v) is 6.63. The van der Waals surface area contributed by atoms with Crippen LogP contribution in [0.1, 0.15) is 0 Å². The number of methoxy groups -OCH3 is 1. The van der Waals surface area contributed by atoms with Gasteiger partial charge in [-0.25, -0.2) is 4.39 Å². The summed E-state index contributed by atoms with van der Waals surface area (Å²) in [7, 11) is 1.61. The van der Waals surface area contributed by atoms with Gasteiger partial charge in [-0.3, -0.25) is 4.57 Å². The van der Waals surface area contributed by atoms with E-state index in [-0.39, 0.29) is 5.02 Å². The molecular formula is C14H10ClFN2OS. The van der Waals surface area contributed by atoms with Gasteiger partial charge in [0, 0.05) is 11.8 Å². The Morgan fingerprint density at radius 2 is 1.95 bits per heavy atom. The van der Waals surface area contributed by atoms with Crippen LogP contribution in [0, 0.1) is 10.6 Å². The Morgan fingerprint density at radius 3 is 2.60 bits per heavy atom. The number of ether oxygens (including phenoxy) is 1. The molecule has 1 aromatic heterocycles. The van der Waals surface area contributed by atoms with Gasteiger partial charge in [-0.2, -0.15) is 0 Å². The minimum absolute atomic E-state index is 0.0637. The van der Waals surface area contributed by atoms with Crippen LogP contribution in [0.4, 0.5) is 4.39 Å². The van der Waals surface area contributed by atoms with Gasteiger partial charge in [0.15, 0.2) is 4.77 Å². The van der Waals surface area contributed by atoms with E-state index in [2.05, 4.69) is 4.98 Å². The molecule has 0 radical (unpaired) electrons. The Bertz CT molecular complexity index is 839. The summed E-state index contributed by atoms with van der Waals surface area (Å²) in [5, 5.41) is 0.0637. The van der Waals surface area contributed by atoms with Gasteiger partial charge in [0.05, 0.1) is 23.2 Å². The van der Waals surface area contributed by atoms with Crippen LogP contribution >= 0.6 is 23.8 Å². The Kier molecular flexibility index (Phi) is 3.23. The van der Waals surface area contributed by atoms with Crippen molar-refractivity contribution < 1.29 is 9.13 Å². The lowest BCUT2D eigenvalue weighted by Crippen LogP contribution is -1.94. The maximum Gasteiger partial charge on any atom is 0.182 e. The number of H-pyrrole nitrogens is 1. The van der Waals surface area contributed by atoms with Crippen LogP contribution in [0.3, 0.4) is 0 Å². The second-order valence-electron chi connectivity index (χ2n) is 4.25. The van der Waals surface area contributed by atoms with E-state index in [1.807, 2.05) is 24.3 Å². The molecular weight excluding hydrogens is 299 g/mol. The van der Waals surface area contributed by atoms with Crippen LogP contribution in [0.15, 0.2) is 36.4 Å². The van der Waals surface area contributed by atoms with Gasteiger partial charge in [-0.05, 0) is 42.5 Å². The fourth-order valence-corrected chi connectivity index (χ4v) is 2.56. The molecule has 0 fully saturated rings. The molecule has 0 aliphatic heterocycles. The molecule has 0 saturated carbocycles. The minimum atomic E-state index is -0.475. The molecule has 3 nitrogen and oxygen atoms in total. The highest BCUT2D eigenvalue weighted by Gasteiger charge is 2.10. The van der Waals surface area contributed by atoms with Gasteiger partial charge < -0.3 is 9.72 Å². The van der Waals surface area contributed by atoms with Crippen molar-refractivity contribution in [3.05, 3.63) is 52.0 Å². The quantitative estimate of drug-likeness (QED) is 0.707. The lowest BCUT2D eigenvalue weighted by Gasteiger charge is -2.06. The molecule has 0 unspecified atom stereocenters. The third-order valence-electron chi connectivity index (χ3n) is 3.05. The molecule has 0 spiro atoms. The van der Waals surface area contributed by atoms with Crippen LogP contribution in [-0.2, 0) is 0 Å². The van der Waals surface area contributed by atoms with E-state index in [9.17, 15) is 4.39 Å². The minimum Gasteiger partial charge on any atom is -0.497 e. The van der Waals surface area contributed by atoms with Crippen molar-refractivity contribution in [2.45, 2.75) is 0 Å². The third kappa shape index (κ3) is 2.09. The standard InChI is InChI=1S/C14H10ClFN2OS/c1-19-9-4-2-8(3-5-9)18-13-6-10(15)11(16)7-12(13)17-14(18)20/h2-7H,1H3,(H,17,20).